The predicted octanol–water partition coefficient (Wildman–Crippen LogP) is 3.57. The minimum Gasteiger partial charge on any atom is -0.324 e. The van der Waals surface area contributed by atoms with Crippen LogP contribution in [0.2, 0.25) is 0 Å². The zero-order valence-corrected chi connectivity index (χ0v) is 10.0. The fraction of sp³-hybridized carbons (Fsp3) is 0.571. The van der Waals surface area contributed by atoms with Crippen molar-refractivity contribution >= 4 is 0 Å². The number of benzene rings is 1. The maximum atomic E-state index is 13.5. The van der Waals surface area contributed by atoms with Gasteiger partial charge in [-0.1, -0.05) is 31.9 Å². The van der Waals surface area contributed by atoms with E-state index in [1.807, 2.05) is 12.1 Å². The van der Waals surface area contributed by atoms with Gasteiger partial charge in [-0.15, -0.1) is 0 Å². The second-order valence-corrected chi connectivity index (χ2v) is 5.11. The second-order valence-electron chi connectivity index (χ2n) is 5.11. The van der Waals surface area contributed by atoms with Crippen LogP contribution < -0.4 is 5.73 Å². The Morgan fingerprint density at radius 3 is 2.69 bits per heavy atom. The summed E-state index contributed by atoms with van der Waals surface area (Å²) in [4.78, 5) is 0. The molecule has 0 spiro atoms. The van der Waals surface area contributed by atoms with E-state index in [-0.39, 0.29) is 11.9 Å². The maximum Gasteiger partial charge on any atom is 0.126 e. The van der Waals surface area contributed by atoms with Gasteiger partial charge in [0, 0.05) is 6.04 Å². The van der Waals surface area contributed by atoms with Crippen LogP contribution in [0.5, 0.6) is 0 Å². The molecule has 0 amide bonds. The first-order valence-corrected chi connectivity index (χ1v) is 6.11. The van der Waals surface area contributed by atoms with Gasteiger partial charge in [0.15, 0.2) is 0 Å². The molecular weight excluding hydrogens is 201 g/mol. The third kappa shape index (κ3) is 2.12. The van der Waals surface area contributed by atoms with Crippen molar-refractivity contribution in [2.75, 3.05) is 0 Å². The highest BCUT2D eigenvalue weighted by molar-refractivity contribution is 5.26. The first-order valence-electron chi connectivity index (χ1n) is 6.11. The Balaban J connectivity index is 2.20. The van der Waals surface area contributed by atoms with Crippen molar-refractivity contribution in [2.45, 2.75) is 39.2 Å². The average molecular weight is 221 g/mol. The van der Waals surface area contributed by atoms with Crippen LogP contribution in [-0.4, -0.2) is 0 Å². The summed E-state index contributed by atoms with van der Waals surface area (Å²) in [6, 6.07) is 5.39. The van der Waals surface area contributed by atoms with E-state index in [4.69, 9.17) is 5.73 Å². The van der Waals surface area contributed by atoms with Crippen molar-refractivity contribution in [3.63, 3.8) is 0 Å². The smallest absolute Gasteiger partial charge is 0.126 e. The second kappa shape index (κ2) is 4.54. The van der Waals surface area contributed by atoms with Gasteiger partial charge in [0.25, 0.3) is 0 Å². The molecule has 16 heavy (non-hydrogen) atoms. The Bertz CT molecular complexity index is 375. The van der Waals surface area contributed by atoms with Gasteiger partial charge >= 0.3 is 0 Å². The summed E-state index contributed by atoms with van der Waals surface area (Å²) < 4.78 is 13.5. The van der Waals surface area contributed by atoms with E-state index in [1.54, 1.807) is 13.0 Å². The van der Waals surface area contributed by atoms with E-state index in [9.17, 15) is 4.39 Å². The van der Waals surface area contributed by atoms with Crippen molar-refractivity contribution in [3.8, 4) is 0 Å². The Labute approximate surface area is 96.9 Å². The molecule has 3 unspecified atom stereocenters. The summed E-state index contributed by atoms with van der Waals surface area (Å²) in [5, 5.41) is 0. The molecule has 3 atom stereocenters. The summed E-state index contributed by atoms with van der Waals surface area (Å²) in [7, 11) is 0. The fourth-order valence-electron chi connectivity index (χ4n) is 2.77. The summed E-state index contributed by atoms with van der Waals surface area (Å²) in [6.07, 6.45) is 3.69. The van der Waals surface area contributed by atoms with Gasteiger partial charge in [-0.05, 0) is 42.4 Å². The predicted molar refractivity (Wildman–Crippen MR) is 64.6 cm³/mol. The third-order valence-corrected chi connectivity index (χ3v) is 3.97. The minimum absolute atomic E-state index is 0.00685. The topological polar surface area (TPSA) is 26.0 Å². The van der Waals surface area contributed by atoms with Gasteiger partial charge in [-0.25, -0.2) is 4.39 Å². The first kappa shape index (κ1) is 11.6. The van der Waals surface area contributed by atoms with Gasteiger partial charge in [-0.2, -0.15) is 0 Å². The third-order valence-electron chi connectivity index (χ3n) is 3.97. The van der Waals surface area contributed by atoms with E-state index in [1.165, 1.54) is 19.3 Å². The van der Waals surface area contributed by atoms with Gasteiger partial charge in [0.2, 0.25) is 0 Å². The van der Waals surface area contributed by atoms with Gasteiger partial charge in [0.1, 0.15) is 5.82 Å². The van der Waals surface area contributed by atoms with Crippen LogP contribution in [0, 0.1) is 24.6 Å². The molecule has 0 aromatic heterocycles. The lowest BCUT2D eigenvalue weighted by Gasteiger charge is -2.23. The molecule has 0 radical (unpaired) electrons. The van der Waals surface area contributed by atoms with Crippen LogP contribution in [-0.2, 0) is 0 Å². The van der Waals surface area contributed by atoms with E-state index in [0.29, 0.717) is 17.4 Å². The lowest BCUT2D eigenvalue weighted by atomic mass is 9.86. The molecule has 1 saturated carbocycles. The zero-order valence-electron chi connectivity index (χ0n) is 10.0. The highest BCUT2D eigenvalue weighted by Gasteiger charge is 2.29. The summed E-state index contributed by atoms with van der Waals surface area (Å²) in [6.45, 7) is 4.03. The number of hydrogen-bond acceptors (Lipinski definition) is 1. The van der Waals surface area contributed by atoms with Crippen LogP contribution >= 0.6 is 0 Å². The molecule has 2 rings (SSSR count). The molecule has 1 aliphatic carbocycles. The SMILES string of the molecule is Cc1ccc(C(N)C2CCCC2C)cc1F. The fourth-order valence-corrected chi connectivity index (χ4v) is 2.77. The first-order chi connectivity index (χ1) is 7.59. The van der Waals surface area contributed by atoms with E-state index < -0.39 is 0 Å². The molecule has 1 fully saturated rings. The lowest BCUT2D eigenvalue weighted by molar-refractivity contribution is 0.350. The molecule has 88 valence electrons. The highest BCUT2D eigenvalue weighted by atomic mass is 19.1. The molecule has 1 aliphatic rings. The molecule has 1 aromatic rings. The summed E-state index contributed by atoms with van der Waals surface area (Å²) >= 11 is 0. The number of rotatable bonds is 2. The number of aryl methyl sites for hydroxylation is 1. The van der Waals surface area contributed by atoms with E-state index >= 15 is 0 Å². The maximum absolute atomic E-state index is 13.5. The van der Waals surface area contributed by atoms with Crippen LogP contribution in [0.3, 0.4) is 0 Å². The van der Waals surface area contributed by atoms with Crippen molar-refractivity contribution in [2.24, 2.45) is 17.6 Å². The zero-order chi connectivity index (χ0) is 11.7. The van der Waals surface area contributed by atoms with Crippen molar-refractivity contribution in [3.05, 3.63) is 35.1 Å². The Morgan fingerprint density at radius 1 is 1.38 bits per heavy atom. The molecule has 2 N–H and O–H groups in total. The van der Waals surface area contributed by atoms with Crippen molar-refractivity contribution in [1.82, 2.24) is 0 Å². The highest BCUT2D eigenvalue weighted by Crippen LogP contribution is 2.38. The normalized spacial score (nSPS) is 27.0. The molecule has 1 nitrogen and oxygen atoms in total. The molecule has 2 heteroatoms. The van der Waals surface area contributed by atoms with Crippen LogP contribution in [0.4, 0.5) is 4.39 Å². The molecule has 0 heterocycles. The monoisotopic (exact) mass is 221 g/mol. The average Bonchev–Trinajstić information content (AvgIpc) is 2.67. The Morgan fingerprint density at radius 2 is 2.12 bits per heavy atom. The molecule has 0 aliphatic heterocycles. The van der Waals surface area contributed by atoms with Crippen LogP contribution in [0.1, 0.15) is 43.4 Å². The molecule has 0 bridgehead atoms. The standard InChI is InChI=1S/C14H20FN/c1-9-4-3-5-12(9)14(16)11-7-6-10(2)13(15)8-11/h6-9,12,14H,3-5,16H2,1-2H3. The molecular formula is C14H20FN. The minimum atomic E-state index is -0.140. The van der Waals surface area contributed by atoms with Crippen LogP contribution in [0.15, 0.2) is 18.2 Å². The van der Waals surface area contributed by atoms with Gasteiger partial charge in [-0.3, -0.25) is 0 Å². The number of halogens is 1. The summed E-state index contributed by atoms with van der Waals surface area (Å²) in [5.74, 6) is 1.04. The summed E-state index contributed by atoms with van der Waals surface area (Å²) in [5.41, 5.74) is 7.88. The molecule has 1 aromatic carbocycles. The number of nitrogens with two attached hydrogens (primary N) is 1. The van der Waals surface area contributed by atoms with Crippen LogP contribution in [0.25, 0.3) is 0 Å². The van der Waals surface area contributed by atoms with Gasteiger partial charge < -0.3 is 5.73 Å². The van der Waals surface area contributed by atoms with E-state index in [0.717, 1.165) is 5.56 Å². The Hall–Kier alpha value is -0.890. The lowest BCUT2D eigenvalue weighted by Crippen LogP contribution is -2.23. The van der Waals surface area contributed by atoms with E-state index in [2.05, 4.69) is 6.92 Å². The Kier molecular flexibility index (Phi) is 3.29. The van der Waals surface area contributed by atoms with Crippen molar-refractivity contribution < 1.29 is 4.39 Å². The molecule has 0 saturated heterocycles. The number of hydrogen-bond donors (Lipinski definition) is 1. The van der Waals surface area contributed by atoms with Gasteiger partial charge in [0.05, 0.1) is 0 Å². The largest absolute Gasteiger partial charge is 0.324 e. The quantitative estimate of drug-likeness (QED) is 0.811. The van der Waals surface area contributed by atoms with Crippen molar-refractivity contribution in [1.29, 1.82) is 0 Å².